The Morgan fingerprint density at radius 1 is 0.811 bits per heavy atom. The number of nitrogens with zero attached hydrogens (tertiary/aromatic N) is 3. The standard InChI is InChI=1S/C13H19BrN2OSi.C7H5BrN2.C6H15ClOSi/c1-18(2,3)9-8-17-10-16-7-6-11-12(16)4-5-13(14)15-11;8-7-2-1-5-6(10-7)3-4-9-5;1-9(2,3)5-4-8-6-7/h4-7H,8-10H2,1-3H3;1-4,9H;4-6H2,1-3H3. The second kappa shape index (κ2) is 15.5. The van der Waals surface area contributed by atoms with Gasteiger partial charge in [0, 0.05) is 41.8 Å². The Morgan fingerprint density at radius 3 is 2.03 bits per heavy atom. The smallest absolute Gasteiger partial charge is 0.122 e. The van der Waals surface area contributed by atoms with Crippen LogP contribution in [0.2, 0.25) is 51.4 Å². The van der Waals surface area contributed by atoms with E-state index in [2.05, 4.69) is 96.7 Å². The second-order valence-electron chi connectivity index (χ2n) is 11.0. The minimum atomic E-state index is -0.993. The van der Waals surface area contributed by atoms with E-state index in [1.807, 2.05) is 42.7 Å². The lowest BCUT2D eigenvalue weighted by atomic mass is 10.4. The molecule has 4 heterocycles. The van der Waals surface area contributed by atoms with Crippen molar-refractivity contribution < 1.29 is 9.47 Å². The molecule has 0 unspecified atom stereocenters. The van der Waals surface area contributed by atoms with Crippen molar-refractivity contribution in [1.82, 2.24) is 19.5 Å². The Hall–Kier alpha value is -1.02. The van der Waals surface area contributed by atoms with Gasteiger partial charge in [-0.2, -0.15) is 0 Å². The Kier molecular flexibility index (Phi) is 13.5. The molecular weight excluding hydrogens is 652 g/mol. The zero-order valence-electron chi connectivity index (χ0n) is 22.7. The SMILES string of the molecule is Brc1ccc2[nH]ccc2n1.C[Si](C)(C)CCOCCl.C[Si](C)(C)CCOCn1ccc2nc(Br)ccc21. The van der Waals surface area contributed by atoms with Crippen LogP contribution < -0.4 is 0 Å². The molecule has 0 spiro atoms. The third kappa shape index (κ3) is 13.1. The number of hydrogen-bond acceptors (Lipinski definition) is 4. The summed E-state index contributed by atoms with van der Waals surface area (Å²) in [5, 5.41) is 0. The number of pyridine rings is 2. The van der Waals surface area contributed by atoms with E-state index in [0.717, 1.165) is 44.5 Å². The summed E-state index contributed by atoms with van der Waals surface area (Å²) in [7, 11) is -1.87. The van der Waals surface area contributed by atoms with E-state index in [0.29, 0.717) is 12.8 Å². The summed E-state index contributed by atoms with van der Waals surface area (Å²) in [5.41, 5.74) is 4.18. The van der Waals surface area contributed by atoms with Crippen LogP contribution in [0.4, 0.5) is 0 Å². The number of rotatable bonds is 9. The van der Waals surface area contributed by atoms with Crippen molar-refractivity contribution in [1.29, 1.82) is 0 Å². The largest absolute Gasteiger partial charge is 0.366 e. The quantitative estimate of drug-likeness (QED) is 0.0825. The lowest BCUT2D eigenvalue weighted by Crippen LogP contribution is -2.21. The highest BCUT2D eigenvalue weighted by Crippen LogP contribution is 2.17. The molecule has 0 amide bonds. The zero-order chi connectivity index (χ0) is 27.5. The van der Waals surface area contributed by atoms with Gasteiger partial charge in [0.1, 0.15) is 22.0 Å². The molecule has 0 bridgehead atoms. The number of halogens is 3. The van der Waals surface area contributed by atoms with Crippen molar-refractivity contribution in [2.45, 2.75) is 58.1 Å². The van der Waals surface area contributed by atoms with E-state index in [1.54, 1.807) is 0 Å². The maximum absolute atomic E-state index is 5.75. The first kappa shape index (κ1) is 32.2. The Balaban J connectivity index is 0.000000214. The number of ether oxygens (including phenoxy) is 2. The summed E-state index contributed by atoms with van der Waals surface area (Å²) < 4.78 is 14.6. The third-order valence-corrected chi connectivity index (χ3v) is 9.71. The van der Waals surface area contributed by atoms with Crippen LogP contribution in [0.5, 0.6) is 0 Å². The molecule has 0 aliphatic carbocycles. The molecule has 204 valence electrons. The lowest BCUT2D eigenvalue weighted by molar-refractivity contribution is 0.0902. The first-order chi connectivity index (χ1) is 17.4. The van der Waals surface area contributed by atoms with E-state index in [4.69, 9.17) is 21.1 Å². The maximum atomic E-state index is 5.75. The van der Waals surface area contributed by atoms with Crippen molar-refractivity contribution in [2.24, 2.45) is 0 Å². The van der Waals surface area contributed by atoms with Gasteiger partial charge in [-0.05, 0) is 80.3 Å². The molecule has 0 aliphatic heterocycles. The normalized spacial score (nSPS) is 11.7. The van der Waals surface area contributed by atoms with Gasteiger partial charge in [0.2, 0.25) is 0 Å². The molecule has 0 atom stereocenters. The first-order valence-electron chi connectivity index (χ1n) is 12.3. The number of hydrogen-bond donors (Lipinski definition) is 1. The lowest BCUT2D eigenvalue weighted by Gasteiger charge is -2.15. The van der Waals surface area contributed by atoms with Crippen molar-refractivity contribution in [3.8, 4) is 0 Å². The molecule has 37 heavy (non-hydrogen) atoms. The Labute approximate surface area is 244 Å². The van der Waals surface area contributed by atoms with E-state index in [9.17, 15) is 0 Å². The highest BCUT2D eigenvalue weighted by Gasteiger charge is 2.12. The molecule has 0 aromatic carbocycles. The van der Waals surface area contributed by atoms with Crippen LogP contribution in [-0.4, -0.2) is 54.9 Å². The Bertz CT molecular complexity index is 1220. The molecule has 0 saturated carbocycles. The van der Waals surface area contributed by atoms with Gasteiger partial charge in [0.25, 0.3) is 0 Å². The van der Waals surface area contributed by atoms with E-state index in [-0.39, 0.29) is 0 Å². The minimum Gasteiger partial charge on any atom is -0.366 e. The molecule has 4 aromatic rings. The fraction of sp³-hybridized carbons (Fsp3) is 0.462. The fourth-order valence-corrected chi connectivity index (χ4v) is 5.31. The summed E-state index contributed by atoms with van der Waals surface area (Å²) in [6.45, 7) is 16.4. The number of alkyl halides is 1. The molecule has 6 nitrogen and oxygen atoms in total. The van der Waals surface area contributed by atoms with Gasteiger partial charge < -0.3 is 19.0 Å². The minimum absolute atomic E-state index is 0.338. The molecule has 0 aliphatic rings. The molecular formula is C26H39Br2ClN4O2Si2. The summed E-state index contributed by atoms with van der Waals surface area (Å²) >= 11 is 12.0. The molecule has 11 heteroatoms. The molecule has 1 N–H and O–H groups in total. The van der Waals surface area contributed by atoms with E-state index >= 15 is 0 Å². The number of aromatic amines is 1. The van der Waals surface area contributed by atoms with Crippen LogP contribution in [0.1, 0.15) is 0 Å². The van der Waals surface area contributed by atoms with Crippen molar-refractivity contribution in [2.75, 3.05) is 19.3 Å². The predicted octanol–water partition coefficient (Wildman–Crippen LogP) is 8.97. The summed E-state index contributed by atoms with van der Waals surface area (Å²) in [6, 6.07) is 14.6. The summed E-state index contributed by atoms with van der Waals surface area (Å²) in [6.07, 6.45) is 3.91. The Morgan fingerprint density at radius 2 is 1.41 bits per heavy atom. The third-order valence-electron chi connectivity index (χ3n) is 5.26. The second-order valence-corrected chi connectivity index (χ2v) is 24.1. The molecule has 4 rings (SSSR count). The van der Waals surface area contributed by atoms with Gasteiger partial charge in [-0.3, -0.25) is 0 Å². The highest BCUT2D eigenvalue weighted by molar-refractivity contribution is 9.10. The van der Waals surface area contributed by atoms with Crippen molar-refractivity contribution in [3.05, 3.63) is 58.0 Å². The summed E-state index contributed by atoms with van der Waals surface area (Å²) in [4.78, 5) is 11.7. The predicted molar refractivity (Wildman–Crippen MR) is 170 cm³/mol. The number of fused-ring (bicyclic) bond motifs is 2. The zero-order valence-corrected chi connectivity index (χ0v) is 28.6. The van der Waals surface area contributed by atoms with Gasteiger partial charge >= 0.3 is 0 Å². The first-order valence-corrected chi connectivity index (χ1v) is 21.8. The monoisotopic (exact) mass is 688 g/mol. The van der Waals surface area contributed by atoms with E-state index in [1.165, 1.54) is 12.1 Å². The summed E-state index contributed by atoms with van der Waals surface area (Å²) in [5.74, 6) is 0. The average molecular weight is 691 g/mol. The van der Waals surface area contributed by atoms with Gasteiger partial charge in [-0.15, -0.1) is 0 Å². The van der Waals surface area contributed by atoms with Gasteiger partial charge in [0.05, 0.1) is 22.1 Å². The van der Waals surface area contributed by atoms with Crippen LogP contribution in [0, 0.1) is 0 Å². The van der Waals surface area contributed by atoms with E-state index < -0.39 is 16.1 Å². The van der Waals surface area contributed by atoms with Crippen LogP contribution in [-0.2, 0) is 16.2 Å². The fourth-order valence-electron chi connectivity index (χ4n) is 3.05. The van der Waals surface area contributed by atoms with Crippen LogP contribution in [0.3, 0.4) is 0 Å². The van der Waals surface area contributed by atoms with Gasteiger partial charge in [-0.1, -0.05) is 50.9 Å². The van der Waals surface area contributed by atoms with Gasteiger partial charge in [0.15, 0.2) is 0 Å². The van der Waals surface area contributed by atoms with Crippen molar-refractivity contribution >= 4 is 81.7 Å². The number of H-pyrrole nitrogens is 1. The topological polar surface area (TPSA) is 65.0 Å². The number of aromatic nitrogens is 4. The molecule has 4 aromatic heterocycles. The molecule has 0 radical (unpaired) electrons. The van der Waals surface area contributed by atoms with Crippen LogP contribution in [0.25, 0.3) is 22.1 Å². The van der Waals surface area contributed by atoms with Crippen LogP contribution >= 0.6 is 43.5 Å². The highest BCUT2D eigenvalue weighted by atomic mass is 79.9. The average Bonchev–Trinajstić information content (AvgIpc) is 3.42. The van der Waals surface area contributed by atoms with Crippen LogP contribution in [0.15, 0.2) is 58.0 Å². The molecule has 0 fully saturated rings. The maximum Gasteiger partial charge on any atom is 0.122 e. The van der Waals surface area contributed by atoms with Crippen molar-refractivity contribution in [3.63, 3.8) is 0 Å². The molecule has 0 saturated heterocycles. The van der Waals surface area contributed by atoms with Gasteiger partial charge in [-0.25, -0.2) is 9.97 Å². The number of nitrogens with one attached hydrogen (secondary N) is 1.